The third-order valence-corrected chi connectivity index (χ3v) is 2.53. The Balaban J connectivity index is 0.000000514. The minimum atomic E-state index is -0.112. The maximum atomic E-state index is 11.5. The second kappa shape index (κ2) is 4.41. The number of nitrogens with zero attached hydrogens (tertiary/aromatic N) is 2. The van der Waals surface area contributed by atoms with Crippen LogP contribution in [0.4, 0.5) is 0 Å². The smallest absolute Gasteiger partial charge is 0.275 e. The van der Waals surface area contributed by atoms with E-state index in [1.165, 1.54) is 11.9 Å². The zero-order chi connectivity index (χ0) is 12.4. The van der Waals surface area contributed by atoms with Crippen LogP contribution in [-0.2, 0) is 0 Å². The molecule has 17 heavy (non-hydrogen) atoms. The molecule has 4 heteroatoms. The monoisotopic (exact) mass is 229 g/mol. The first kappa shape index (κ1) is 11.4. The molecule has 0 saturated heterocycles. The summed E-state index contributed by atoms with van der Waals surface area (Å²) in [6, 6.07) is 7.89. The first-order valence-corrected chi connectivity index (χ1v) is 5.71. The molecule has 0 unspecified atom stereocenters. The van der Waals surface area contributed by atoms with Crippen molar-refractivity contribution in [2.45, 2.75) is 20.8 Å². The zero-order valence-corrected chi connectivity index (χ0v) is 10.2. The van der Waals surface area contributed by atoms with Crippen molar-refractivity contribution in [1.29, 1.82) is 0 Å². The largest absolute Gasteiger partial charge is 0.310 e. The van der Waals surface area contributed by atoms with Crippen LogP contribution in [0, 0.1) is 6.92 Å². The standard InChI is InChI=1S/C11H9N3O.C2H6/c1-7-2-3-9-8(4-7)5-10-11(15)12-6-13-14(9)10;1-2/h2-6H,1H3,(H,12,13,15);1-2H3. The second-order valence-corrected chi connectivity index (χ2v) is 3.62. The van der Waals surface area contributed by atoms with Crippen LogP contribution >= 0.6 is 0 Å². The SMILES string of the molecule is CC.Cc1ccc2c(c1)cc1c(=O)[nH]cnn12. The number of aryl methyl sites for hydroxylation is 1. The predicted octanol–water partition coefficient (Wildman–Crippen LogP) is 2.51. The minimum Gasteiger partial charge on any atom is -0.310 e. The van der Waals surface area contributed by atoms with Gasteiger partial charge in [0.15, 0.2) is 0 Å². The number of hydrogen-bond acceptors (Lipinski definition) is 2. The van der Waals surface area contributed by atoms with Crippen LogP contribution in [0.15, 0.2) is 35.4 Å². The molecule has 0 aliphatic heterocycles. The number of benzene rings is 1. The Labute approximate surface area is 98.9 Å². The van der Waals surface area contributed by atoms with Crippen LogP contribution in [0.3, 0.4) is 0 Å². The Morgan fingerprint density at radius 2 is 1.94 bits per heavy atom. The van der Waals surface area contributed by atoms with Crippen molar-refractivity contribution in [3.8, 4) is 0 Å². The normalized spacial score (nSPS) is 10.3. The molecule has 1 aromatic carbocycles. The van der Waals surface area contributed by atoms with Crippen molar-refractivity contribution < 1.29 is 0 Å². The summed E-state index contributed by atoms with van der Waals surface area (Å²) in [5.74, 6) is 0. The molecule has 2 aromatic heterocycles. The highest BCUT2D eigenvalue weighted by Gasteiger charge is 2.05. The molecule has 3 aromatic rings. The topological polar surface area (TPSA) is 50.2 Å². The minimum absolute atomic E-state index is 0.112. The molecule has 0 fully saturated rings. The molecule has 0 atom stereocenters. The van der Waals surface area contributed by atoms with Gasteiger partial charge in [-0.3, -0.25) is 4.79 Å². The highest BCUT2D eigenvalue weighted by Crippen LogP contribution is 2.17. The molecule has 0 spiro atoms. The van der Waals surface area contributed by atoms with E-state index < -0.39 is 0 Å². The Hall–Kier alpha value is -2.10. The van der Waals surface area contributed by atoms with Crippen LogP contribution in [0.2, 0.25) is 0 Å². The van der Waals surface area contributed by atoms with Crippen LogP contribution < -0.4 is 5.56 Å². The van der Waals surface area contributed by atoms with Crippen molar-refractivity contribution in [3.05, 3.63) is 46.5 Å². The van der Waals surface area contributed by atoms with Crippen LogP contribution in [0.25, 0.3) is 16.4 Å². The van der Waals surface area contributed by atoms with Crippen LogP contribution in [0.1, 0.15) is 19.4 Å². The molecule has 0 radical (unpaired) electrons. The summed E-state index contributed by atoms with van der Waals surface area (Å²) in [7, 11) is 0. The molecular formula is C13H15N3O. The van der Waals surface area contributed by atoms with Crippen LogP contribution in [-0.4, -0.2) is 14.6 Å². The number of H-pyrrole nitrogens is 1. The lowest BCUT2D eigenvalue weighted by Crippen LogP contribution is -2.09. The van der Waals surface area contributed by atoms with E-state index in [1.807, 2.05) is 45.0 Å². The predicted molar refractivity (Wildman–Crippen MR) is 69.4 cm³/mol. The van der Waals surface area contributed by atoms with Crippen molar-refractivity contribution in [3.63, 3.8) is 0 Å². The van der Waals surface area contributed by atoms with E-state index in [-0.39, 0.29) is 5.56 Å². The van der Waals surface area contributed by atoms with E-state index in [4.69, 9.17) is 0 Å². The zero-order valence-electron chi connectivity index (χ0n) is 10.2. The molecule has 0 bridgehead atoms. The third-order valence-electron chi connectivity index (χ3n) is 2.53. The summed E-state index contributed by atoms with van der Waals surface area (Å²) in [6.45, 7) is 6.03. The van der Waals surface area contributed by atoms with E-state index in [1.54, 1.807) is 4.52 Å². The fourth-order valence-corrected chi connectivity index (χ4v) is 1.83. The average molecular weight is 229 g/mol. The van der Waals surface area contributed by atoms with E-state index >= 15 is 0 Å². The van der Waals surface area contributed by atoms with Gasteiger partial charge in [0.1, 0.15) is 11.8 Å². The molecule has 0 saturated carbocycles. The van der Waals surface area contributed by atoms with Gasteiger partial charge in [-0.05, 0) is 25.1 Å². The summed E-state index contributed by atoms with van der Waals surface area (Å²) in [5, 5.41) is 5.16. The molecule has 0 aliphatic rings. The molecule has 88 valence electrons. The summed E-state index contributed by atoms with van der Waals surface area (Å²) in [5.41, 5.74) is 2.61. The van der Waals surface area contributed by atoms with E-state index in [9.17, 15) is 4.79 Å². The van der Waals surface area contributed by atoms with Gasteiger partial charge in [0.2, 0.25) is 0 Å². The number of hydrogen-bond donors (Lipinski definition) is 1. The molecule has 3 rings (SSSR count). The molecule has 4 nitrogen and oxygen atoms in total. The fraction of sp³-hybridized carbons (Fsp3) is 0.231. The molecule has 0 aliphatic carbocycles. The fourth-order valence-electron chi connectivity index (χ4n) is 1.83. The quantitative estimate of drug-likeness (QED) is 0.644. The Morgan fingerprint density at radius 3 is 2.71 bits per heavy atom. The molecule has 1 N–H and O–H groups in total. The Bertz CT molecular complexity index is 709. The maximum Gasteiger partial charge on any atom is 0.275 e. The van der Waals surface area contributed by atoms with Gasteiger partial charge in [0, 0.05) is 5.39 Å². The highest BCUT2D eigenvalue weighted by atomic mass is 16.1. The maximum absolute atomic E-state index is 11.5. The Morgan fingerprint density at radius 1 is 1.18 bits per heavy atom. The average Bonchev–Trinajstić information content (AvgIpc) is 2.71. The summed E-state index contributed by atoms with van der Waals surface area (Å²) in [4.78, 5) is 14.1. The van der Waals surface area contributed by atoms with Gasteiger partial charge in [0.25, 0.3) is 5.56 Å². The van der Waals surface area contributed by atoms with Gasteiger partial charge in [-0.15, -0.1) is 0 Å². The number of fused-ring (bicyclic) bond motifs is 3. The van der Waals surface area contributed by atoms with Crippen molar-refractivity contribution in [1.82, 2.24) is 14.6 Å². The summed E-state index contributed by atoms with van der Waals surface area (Å²) >= 11 is 0. The molecule has 0 amide bonds. The van der Waals surface area contributed by atoms with Crippen molar-refractivity contribution in [2.75, 3.05) is 0 Å². The number of rotatable bonds is 0. The molecule has 2 heterocycles. The van der Waals surface area contributed by atoms with E-state index in [0.29, 0.717) is 5.52 Å². The number of aromatic nitrogens is 3. The number of nitrogens with one attached hydrogen (secondary N) is 1. The van der Waals surface area contributed by atoms with Gasteiger partial charge < -0.3 is 4.98 Å². The van der Waals surface area contributed by atoms with Crippen LogP contribution in [0.5, 0.6) is 0 Å². The van der Waals surface area contributed by atoms with E-state index in [0.717, 1.165) is 10.9 Å². The Kier molecular flexibility index (Phi) is 2.95. The van der Waals surface area contributed by atoms with E-state index in [2.05, 4.69) is 10.1 Å². The van der Waals surface area contributed by atoms with Gasteiger partial charge in [-0.1, -0.05) is 25.5 Å². The molecular weight excluding hydrogens is 214 g/mol. The van der Waals surface area contributed by atoms with Gasteiger partial charge >= 0.3 is 0 Å². The van der Waals surface area contributed by atoms with Gasteiger partial charge in [0.05, 0.1) is 5.52 Å². The number of aromatic amines is 1. The lowest BCUT2D eigenvalue weighted by Gasteiger charge is -1.94. The highest BCUT2D eigenvalue weighted by molar-refractivity contribution is 5.86. The first-order valence-electron chi connectivity index (χ1n) is 5.71. The van der Waals surface area contributed by atoms with Crippen molar-refractivity contribution >= 4 is 16.4 Å². The first-order chi connectivity index (χ1) is 8.25. The lowest BCUT2D eigenvalue weighted by atomic mass is 10.2. The van der Waals surface area contributed by atoms with Gasteiger partial charge in [-0.2, -0.15) is 5.10 Å². The second-order valence-electron chi connectivity index (χ2n) is 3.62. The van der Waals surface area contributed by atoms with Gasteiger partial charge in [-0.25, -0.2) is 4.52 Å². The summed E-state index contributed by atoms with van der Waals surface area (Å²) in [6.07, 6.45) is 1.41. The lowest BCUT2D eigenvalue weighted by molar-refractivity contribution is 0.914. The van der Waals surface area contributed by atoms with Crippen molar-refractivity contribution in [2.24, 2.45) is 0 Å². The summed E-state index contributed by atoms with van der Waals surface area (Å²) < 4.78 is 1.66. The third kappa shape index (κ3) is 1.82.